The first-order valence-electron chi connectivity index (χ1n) is 5.23. The molecule has 3 nitrogen and oxygen atoms in total. The van der Waals surface area contributed by atoms with Crippen molar-refractivity contribution < 1.29 is 8.78 Å². The molecule has 1 N–H and O–H groups in total. The zero-order chi connectivity index (χ0) is 12.4. The van der Waals surface area contributed by atoms with E-state index >= 15 is 0 Å². The molecule has 2 aromatic rings. The van der Waals surface area contributed by atoms with E-state index in [9.17, 15) is 8.78 Å². The summed E-state index contributed by atoms with van der Waals surface area (Å²) in [5, 5.41) is 7.17. The van der Waals surface area contributed by atoms with Gasteiger partial charge in [0.1, 0.15) is 17.5 Å². The number of aromatic nitrogens is 2. The molecule has 17 heavy (non-hydrogen) atoms. The largest absolute Gasteiger partial charge is 0.366 e. The monoisotopic (exact) mass is 237 g/mol. The molecule has 1 heterocycles. The zero-order valence-corrected chi connectivity index (χ0v) is 9.67. The van der Waals surface area contributed by atoms with Crippen molar-refractivity contribution in [2.75, 3.05) is 5.32 Å². The number of aryl methyl sites for hydroxylation is 2. The quantitative estimate of drug-likeness (QED) is 0.889. The fourth-order valence-corrected chi connectivity index (χ4v) is 1.70. The van der Waals surface area contributed by atoms with Gasteiger partial charge in [-0.2, -0.15) is 5.10 Å². The fraction of sp³-hybridized carbons (Fsp3) is 0.250. The highest BCUT2D eigenvalue weighted by atomic mass is 19.1. The molecule has 0 saturated heterocycles. The average Bonchev–Trinajstić information content (AvgIpc) is 2.55. The zero-order valence-electron chi connectivity index (χ0n) is 9.67. The number of rotatable bonds is 3. The van der Waals surface area contributed by atoms with E-state index in [1.165, 1.54) is 12.1 Å². The summed E-state index contributed by atoms with van der Waals surface area (Å²) >= 11 is 0. The molecule has 0 bridgehead atoms. The smallest absolute Gasteiger partial charge is 0.127 e. The molecule has 1 aromatic heterocycles. The molecule has 0 spiro atoms. The molecule has 0 aliphatic rings. The lowest BCUT2D eigenvalue weighted by atomic mass is 10.2. The summed E-state index contributed by atoms with van der Waals surface area (Å²) in [6, 6.07) is 3.47. The number of nitrogens with one attached hydrogen (secondary N) is 1. The number of nitrogens with zero attached hydrogens (tertiary/aromatic N) is 2. The van der Waals surface area contributed by atoms with Crippen molar-refractivity contribution in [2.45, 2.75) is 13.5 Å². The number of halogens is 2. The second-order valence-corrected chi connectivity index (χ2v) is 3.93. The topological polar surface area (TPSA) is 29.9 Å². The van der Waals surface area contributed by atoms with Gasteiger partial charge < -0.3 is 5.32 Å². The van der Waals surface area contributed by atoms with E-state index in [0.717, 1.165) is 17.4 Å². The summed E-state index contributed by atoms with van der Waals surface area (Å²) in [7, 11) is 1.81. The van der Waals surface area contributed by atoms with Gasteiger partial charge in [0.25, 0.3) is 0 Å². The van der Waals surface area contributed by atoms with Crippen LogP contribution in [0.15, 0.2) is 24.4 Å². The second-order valence-electron chi connectivity index (χ2n) is 3.93. The summed E-state index contributed by atoms with van der Waals surface area (Å²) in [4.78, 5) is 0. The Balaban J connectivity index is 2.12. The summed E-state index contributed by atoms with van der Waals surface area (Å²) in [5.41, 5.74) is 1.55. The van der Waals surface area contributed by atoms with Crippen molar-refractivity contribution in [3.63, 3.8) is 0 Å². The Morgan fingerprint density at radius 3 is 2.41 bits per heavy atom. The highest BCUT2D eigenvalue weighted by molar-refractivity contribution is 5.43. The number of hydrogen-bond donors (Lipinski definition) is 1. The van der Waals surface area contributed by atoms with Crippen LogP contribution in [0.3, 0.4) is 0 Å². The molecule has 90 valence electrons. The Kier molecular flexibility index (Phi) is 3.08. The third-order valence-electron chi connectivity index (χ3n) is 2.50. The van der Waals surface area contributed by atoms with Gasteiger partial charge >= 0.3 is 0 Å². The number of anilines is 1. The Bertz CT molecular complexity index is 495. The molecule has 0 saturated carbocycles. The maximum absolute atomic E-state index is 13.0. The van der Waals surface area contributed by atoms with E-state index in [-0.39, 0.29) is 0 Å². The molecule has 0 unspecified atom stereocenters. The minimum atomic E-state index is -0.566. The predicted octanol–water partition coefficient (Wildman–Crippen LogP) is 2.62. The molecule has 0 amide bonds. The second kappa shape index (κ2) is 4.53. The SMILES string of the molecule is Cc1cnn(C)c1NCc1cc(F)cc(F)c1. The summed E-state index contributed by atoms with van der Waals surface area (Å²) < 4.78 is 27.6. The van der Waals surface area contributed by atoms with E-state index in [2.05, 4.69) is 10.4 Å². The van der Waals surface area contributed by atoms with Crippen molar-refractivity contribution in [1.29, 1.82) is 0 Å². The van der Waals surface area contributed by atoms with E-state index in [0.29, 0.717) is 12.1 Å². The number of hydrogen-bond acceptors (Lipinski definition) is 2. The van der Waals surface area contributed by atoms with Gasteiger partial charge in [-0.25, -0.2) is 8.78 Å². The van der Waals surface area contributed by atoms with Gasteiger partial charge in [0.2, 0.25) is 0 Å². The van der Waals surface area contributed by atoms with Crippen molar-refractivity contribution in [1.82, 2.24) is 9.78 Å². The highest BCUT2D eigenvalue weighted by Crippen LogP contribution is 2.14. The van der Waals surface area contributed by atoms with Gasteiger partial charge in [0.15, 0.2) is 0 Å². The van der Waals surface area contributed by atoms with E-state index in [4.69, 9.17) is 0 Å². The van der Waals surface area contributed by atoms with Gasteiger partial charge in [-0.3, -0.25) is 4.68 Å². The van der Waals surface area contributed by atoms with Crippen molar-refractivity contribution >= 4 is 5.82 Å². The van der Waals surface area contributed by atoms with Gasteiger partial charge in [-0.15, -0.1) is 0 Å². The molecule has 1 aromatic carbocycles. The Morgan fingerprint density at radius 1 is 1.24 bits per heavy atom. The van der Waals surface area contributed by atoms with Crippen LogP contribution in [0, 0.1) is 18.6 Å². The molecular weight excluding hydrogens is 224 g/mol. The van der Waals surface area contributed by atoms with Crippen molar-refractivity contribution in [3.8, 4) is 0 Å². The van der Waals surface area contributed by atoms with Crippen LogP contribution in [-0.2, 0) is 13.6 Å². The maximum atomic E-state index is 13.0. The van der Waals surface area contributed by atoms with Crippen LogP contribution < -0.4 is 5.32 Å². The molecule has 0 aliphatic carbocycles. The normalized spacial score (nSPS) is 10.6. The van der Waals surface area contributed by atoms with Gasteiger partial charge in [-0.05, 0) is 24.6 Å². The molecule has 2 rings (SSSR count). The summed E-state index contributed by atoms with van der Waals surface area (Å²) in [5.74, 6) is -0.290. The summed E-state index contributed by atoms with van der Waals surface area (Å²) in [6.07, 6.45) is 1.73. The van der Waals surface area contributed by atoms with Crippen LogP contribution in [0.5, 0.6) is 0 Å². The van der Waals surface area contributed by atoms with Gasteiger partial charge in [-0.1, -0.05) is 0 Å². The maximum Gasteiger partial charge on any atom is 0.127 e. The van der Waals surface area contributed by atoms with Crippen LogP contribution in [0.4, 0.5) is 14.6 Å². The summed E-state index contributed by atoms with van der Waals surface area (Å²) in [6.45, 7) is 2.27. The molecule has 0 atom stereocenters. The van der Waals surface area contributed by atoms with E-state index < -0.39 is 11.6 Å². The fourth-order valence-electron chi connectivity index (χ4n) is 1.70. The van der Waals surface area contributed by atoms with Crippen LogP contribution in [0.2, 0.25) is 0 Å². The minimum absolute atomic E-state index is 0.356. The van der Waals surface area contributed by atoms with E-state index in [1.807, 2.05) is 14.0 Å². The first-order chi connectivity index (χ1) is 8.06. The highest BCUT2D eigenvalue weighted by Gasteiger charge is 2.05. The van der Waals surface area contributed by atoms with Crippen LogP contribution >= 0.6 is 0 Å². The average molecular weight is 237 g/mol. The third-order valence-corrected chi connectivity index (χ3v) is 2.50. The molecular formula is C12H13F2N3. The van der Waals surface area contributed by atoms with Crippen LogP contribution in [0.25, 0.3) is 0 Å². The molecule has 0 fully saturated rings. The van der Waals surface area contributed by atoms with Gasteiger partial charge in [0, 0.05) is 25.2 Å². The number of benzene rings is 1. The van der Waals surface area contributed by atoms with Crippen LogP contribution in [-0.4, -0.2) is 9.78 Å². The lowest BCUT2D eigenvalue weighted by Gasteiger charge is -2.08. The van der Waals surface area contributed by atoms with E-state index in [1.54, 1.807) is 10.9 Å². The molecule has 5 heteroatoms. The lowest BCUT2D eigenvalue weighted by molar-refractivity contribution is 0.580. The predicted molar refractivity (Wildman–Crippen MR) is 61.6 cm³/mol. The molecule has 0 radical (unpaired) electrons. The van der Waals surface area contributed by atoms with Crippen molar-refractivity contribution in [3.05, 3.63) is 47.2 Å². The standard InChI is InChI=1S/C12H13F2N3/c1-8-6-16-17(2)12(8)15-7-9-3-10(13)5-11(14)4-9/h3-6,15H,7H2,1-2H3. The Labute approximate surface area is 98.1 Å². The van der Waals surface area contributed by atoms with Gasteiger partial charge in [0.05, 0.1) is 6.20 Å². The van der Waals surface area contributed by atoms with Crippen LogP contribution in [0.1, 0.15) is 11.1 Å². The first-order valence-corrected chi connectivity index (χ1v) is 5.23. The Morgan fingerprint density at radius 2 is 1.88 bits per heavy atom. The third kappa shape index (κ3) is 2.61. The minimum Gasteiger partial charge on any atom is -0.366 e. The lowest BCUT2D eigenvalue weighted by Crippen LogP contribution is -2.06. The Hall–Kier alpha value is -1.91. The molecule has 0 aliphatic heterocycles. The van der Waals surface area contributed by atoms with Crippen molar-refractivity contribution in [2.24, 2.45) is 7.05 Å². The first kappa shape index (κ1) is 11.6.